The van der Waals surface area contributed by atoms with Crippen molar-refractivity contribution < 1.29 is 19.1 Å². The molecule has 0 fully saturated rings. The average Bonchev–Trinajstić information content (AvgIpc) is 2.46. The molecule has 0 radical (unpaired) electrons. The van der Waals surface area contributed by atoms with Crippen molar-refractivity contribution in [3.05, 3.63) is 35.4 Å². The smallest absolute Gasteiger partial charge is 0.307 e. The van der Waals surface area contributed by atoms with Gasteiger partial charge in [0.25, 0.3) is 5.91 Å². The van der Waals surface area contributed by atoms with Crippen molar-refractivity contribution in [2.24, 2.45) is 0 Å². The Morgan fingerprint density at radius 2 is 1.81 bits per heavy atom. The van der Waals surface area contributed by atoms with Gasteiger partial charge in [0.1, 0.15) is 0 Å². The van der Waals surface area contributed by atoms with Crippen LogP contribution in [-0.2, 0) is 14.3 Å². The van der Waals surface area contributed by atoms with Crippen molar-refractivity contribution in [2.75, 3.05) is 20.2 Å². The van der Waals surface area contributed by atoms with E-state index >= 15 is 0 Å². The Labute approximate surface area is 123 Å². The number of amides is 2. The topological polar surface area (TPSA) is 84.5 Å². The summed E-state index contributed by atoms with van der Waals surface area (Å²) in [6, 6.07) is 7.22. The number of carbonyl (C=O) groups excluding carboxylic acids is 3. The van der Waals surface area contributed by atoms with Gasteiger partial charge in [-0.3, -0.25) is 14.4 Å². The minimum atomic E-state index is -0.372. The molecule has 0 bridgehead atoms. The van der Waals surface area contributed by atoms with Gasteiger partial charge in [0, 0.05) is 25.1 Å². The molecule has 1 aromatic carbocycles. The van der Waals surface area contributed by atoms with Crippen molar-refractivity contribution in [1.29, 1.82) is 0 Å². The molecular formula is C15H20N2O4. The molecule has 0 aliphatic rings. The Kier molecular flexibility index (Phi) is 6.94. The van der Waals surface area contributed by atoms with E-state index in [1.807, 2.05) is 19.1 Å². The van der Waals surface area contributed by atoms with Crippen molar-refractivity contribution in [3.63, 3.8) is 0 Å². The maximum absolute atomic E-state index is 11.8. The molecule has 0 heterocycles. The minimum Gasteiger partial charge on any atom is -0.469 e. The van der Waals surface area contributed by atoms with Crippen LogP contribution < -0.4 is 10.6 Å². The lowest BCUT2D eigenvalue weighted by Gasteiger charge is -2.07. The fourth-order valence-electron chi connectivity index (χ4n) is 1.67. The zero-order chi connectivity index (χ0) is 15.7. The van der Waals surface area contributed by atoms with Gasteiger partial charge in [-0.1, -0.05) is 17.7 Å². The van der Waals surface area contributed by atoms with Gasteiger partial charge in [0.15, 0.2) is 0 Å². The monoisotopic (exact) mass is 292 g/mol. The van der Waals surface area contributed by atoms with Crippen LogP contribution in [0.3, 0.4) is 0 Å². The molecule has 0 saturated carbocycles. The molecule has 2 amide bonds. The van der Waals surface area contributed by atoms with Crippen molar-refractivity contribution in [3.8, 4) is 0 Å². The van der Waals surface area contributed by atoms with Crippen LogP contribution in [0, 0.1) is 6.92 Å². The van der Waals surface area contributed by atoms with Crippen LogP contribution in [0.5, 0.6) is 0 Å². The lowest BCUT2D eigenvalue weighted by atomic mass is 10.1. The third-order valence-electron chi connectivity index (χ3n) is 2.80. The van der Waals surface area contributed by atoms with E-state index in [2.05, 4.69) is 15.4 Å². The predicted octanol–water partition coefficient (Wildman–Crippen LogP) is 0.794. The molecule has 0 atom stereocenters. The van der Waals surface area contributed by atoms with Gasteiger partial charge in [-0.25, -0.2) is 0 Å². The van der Waals surface area contributed by atoms with Crippen LogP contribution in [0.2, 0.25) is 0 Å². The molecule has 0 aliphatic heterocycles. The standard InChI is InChI=1S/C15H20N2O4/c1-11-4-3-5-12(10-11)15(20)17-8-6-13(18)16-9-7-14(19)21-2/h3-5,10H,6-9H2,1-2H3,(H,16,18)(H,17,20). The Hall–Kier alpha value is -2.37. The van der Waals surface area contributed by atoms with E-state index in [0.29, 0.717) is 5.56 Å². The van der Waals surface area contributed by atoms with Gasteiger partial charge in [0.2, 0.25) is 5.91 Å². The van der Waals surface area contributed by atoms with Crippen LogP contribution in [0.4, 0.5) is 0 Å². The molecule has 6 heteroatoms. The quantitative estimate of drug-likeness (QED) is 0.728. The summed E-state index contributed by atoms with van der Waals surface area (Å²) in [5.74, 6) is -0.799. The summed E-state index contributed by atoms with van der Waals surface area (Å²) in [7, 11) is 1.30. The molecule has 6 nitrogen and oxygen atoms in total. The molecule has 2 N–H and O–H groups in total. The Morgan fingerprint density at radius 3 is 2.48 bits per heavy atom. The second kappa shape index (κ2) is 8.73. The number of hydrogen-bond donors (Lipinski definition) is 2. The molecule has 0 unspecified atom stereocenters. The van der Waals surface area contributed by atoms with Crippen molar-refractivity contribution in [1.82, 2.24) is 10.6 Å². The van der Waals surface area contributed by atoms with Crippen LogP contribution >= 0.6 is 0 Å². The average molecular weight is 292 g/mol. The van der Waals surface area contributed by atoms with Crippen LogP contribution in [0.25, 0.3) is 0 Å². The highest BCUT2D eigenvalue weighted by Gasteiger charge is 2.07. The summed E-state index contributed by atoms with van der Waals surface area (Å²) in [5.41, 5.74) is 1.57. The maximum atomic E-state index is 11.8. The minimum absolute atomic E-state index is 0.137. The van der Waals surface area contributed by atoms with Crippen LogP contribution in [0.15, 0.2) is 24.3 Å². The van der Waals surface area contributed by atoms with Crippen LogP contribution in [0.1, 0.15) is 28.8 Å². The second-order valence-electron chi connectivity index (χ2n) is 4.55. The number of nitrogens with one attached hydrogen (secondary N) is 2. The molecular weight excluding hydrogens is 272 g/mol. The highest BCUT2D eigenvalue weighted by atomic mass is 16.5. The summed E-state index contributed by atoms with van der Waals surface area (Å²) < 4.78 is 4.46. The first kappa shape index (κ1) is 16.7. The number of rotatable bonds is 7. The lowest BCUT2D eigenvalue weighted by Crippen LogP contribution is -2.31. The van der Waals surface area contributed by atoms with E-state index in [-0.39, 0.29) is 43.7 Å². The van der Waals surface area contributed by atoms with Crippen molar-refractivity contribution in [2.45, 2.75) is 19.8 Å². The Balaban J connectivity index is 2.22. The summed E-state index contributed by atoms with van der Waals surface area (Å²) in [6.07, 6.45) is 0.302. The first-order valence-electron chi connectivity index (χ1n) is 6.71. The van der Waals surface area contributed by atoms with E-state index in [1.54, 1.807) is 12.1 Å². The number of hydrogen-bond acceptors (Lipinski definition) is 4. The number of benzene rings is 1. The van der Waals surface area contributed by atoms with Gasteiger partial charge < -0.3 is 15.4 Å². The third kappa shape index (κ3) is 6.56. The lowest BCUT2D eigenvalue weighted by molar-refractivity contribution is -0.140. The predicted molar refractivity (Wildman–Crippen MR) is 77.8 cm³/mol. The maximum Gasteiger partial charge on any atom is 0.307 e. The first-order chi connectivity index (χ1) is 10.0. The number of esters is 1. The van der Waals surface area contributed by atoms with E-state index in [9.17, 15) is 14.4 Å². The van der Waals surface area contributed by atoms with Gasteiger partial charge in [0.05, 0.1) is 13.5 Å². The molecule has 0 aromatic heterocycles. The highest BCUT2D eigenvalue weighted by Crippen LogP contribution is 2.03. The SMILES string of the molecule is COC(=O)CCNC(=O)CCNC(=O)c1cccc(C)c1. The summed E-state index contributed by atoms with van der Waals surface area (Å²) in [6.45, 7) is 2.39. The largest absolute Gasteiger partial charge is 0.469 e. The molecule has 0 spiro atoms. The second-order valence-corrected chi connectivity index (χ2v) is 4.55. The fraction of sp³-hybridized carbons (Fsp3) is 0.400. The van der Waals surface area contributed by atoms with Gasteiger partial charge >= 0.3 is 5.97 Å². The number of carbonyl (C=O) groups is 3. The number of aryl methyl sites for hydroxylation is 1. The number of methoxy groups -OCH3 is 1. The molecule has 21 heavy (non-hydrogen) atoms. The molecule has 1 rings (SSSR count). The Bertz CT molecular complexity index is 514. The molecule has 0 saturated heterocycles. The van der Waals surface area contributed by atoms with Gasteiger partial charge in [-0.2, -0.15) is 0 Å². The fourth-order valence-corrected chi connectivity index (χ4v) is 1.67. The van der Waals surface area contributed by atoms with Crippen molar-refractivity contribution >= 4 is 17.8 Å². The summed E-state index contributed by atoms with van der Waals surface area (Å²) in [5, 5.41) is 5.26. The van der Waals surface area contributed by atoms with E-state index < -0.39 is 0 Å². The van der Waals surface area contributed by atoms with E-state index in [4.69, 9.17) is 0 Å². The van der Waals surface area contributed by atoms with Gasteiger partial charge in [-0.15, -0.1) is 0 Å². The highest BCUT2D eigenvalue weighted by molar-refractivity contribution is 5.94. The summed E-state index contributed by atoms with van der Waals surface area (Å²) >= 11 is 0. The van der Waals surface area contributed by atoms with Crippen LogP contribution in [-0.4, -0.2) is 38.0 Å². The summed E-state index contributed by atoms with van der Waals surface area (Å²) in [4.78, 5) is 34.1. The normalized spacial score (nSPS) is 9.81. The molecule has 1 aromatic rings. The zero-order valence-corrected chi connectivity index (χ0v) is 12.3. The van der Waals surface area contributed by atoms with Gasteiger partial charge in [-0.05, 0) is 19.1 Å². The molecule has 0 aliphatic carbocycles. The Morgan fingerprint density at radius 1 is 1.10 bits per heavy atom. The van der Waals surface area contributed by atoms with E-state index in [1.165, 1.54) is 7.11 Å². The number of ether oxygens (including phenoxy) is 1. The third-order valence-corrected chi connectivity index (χ3v) is 2.80. The first-order valence-corrected chi connectivity index (χ1v) is 6.71. The zero-order valence-electron chi connectivity index (χ0n) is 12.3. The molecule has 114 valence electrons. The van der Waals surface area contributed by atoms with E-state index in [0.717, 1.165) is 5.56 Å².